The van der Waals surface area contributed by atoms with Crippen molar-refractivity contribution in [2.45, 2.75) is 6.92 Å². The highest BCUT2D eigenvalue weighted by Gasteiger charge is 2.15. The molecule has 0 aliphatic carbocycles. The lowest BCUT2D eigenvalue weighted by Gasteiger charge is -1.94. The van der Waals surface area contributed by atoms with Crippen LogP contribution >= 0.6 is 11.3 Å². The monoisotopic (exact) mass is 259 g/mol. The van der Waals surface area contributed by atoms with E-state index in [-0.39, 0.29) is 5.75 Å². The largest absolute Gasteiger partial charge is 0.506 e. The Labute approximate surface area is 107 Å². The lowest BCUT2D eigenvalue weighted by molar-refractivity contribution is 0.427. The summed E-state index contributed by atoms with van der Waals surface area (Å²) in [7, 11) is 0. The van der Waals surface area contributed by atoms with Crippen LogP contribution in [0.25, 0.3) is 22.3 Å². The third-order valence-corrected chi connectivity index (χ3v) is 3.30. The first-order chi connectivity index (χ1) is 8.74. The summed E-state index contributed by atoms with van der Waals surface area (Å²) < 4.78 is 5.13. The Morgan fingerprint density at radius 1 is 1.33 bits per heavy atom. The second-order valence-corrected chi connectivity index (χ2v) is 4.69. The quantitative estimate of drug-likeness (QED) is 0.766. The zero-order chi connectivity index (χ0) is 12.5. The molecule has 6 heteroatoms. The molecule has 0 amide bonds. The summed E-state index contributed by atoms with van der Waals surface area (Å²) in [5.74, 6) is 0.870. The molecule has 0 aliphatic heterocycles. The molecule has 5 nitrogen and oxygen atoms in total. The molecule has 0 radical (unpaired) electrons. The van der Waals surface area contributed by atoms with Crippen molar-refractivity contribution in [1.29, 1.82) is 0 Å². The van der Waals surface area contributed by atoms with Gasteiger partial charge in [0.15, 0.2) is 0 Å². The van der Waals surface area contributed by atoms with Gasteiger partial charge in [-0.1, -0.05) is 5.16 Å². The number of hydrogen-bond donors (Lipinski definition) is 1. The average molecular weight is 259 g/mol. The molecule has 0 saturated heterocycles. The molecule has 0 saturated carbocycles. The molecule has 3 rings (SSSR count). The Morgan fingerprint density at radius 3 is 2.94 bits per heavy atom. The van der Waals surface area contributed by atoms with Crippen molar-refractivity contribution in [3.05, 3.63) is 35.3 Å². The Balaban J connectivity index is 2.02. The lowest BCUT2D eigenvalue weighted by Crippen LogP contribution is -1.86. The fraction of sp³-hybridized carbons (Fsp3) is 0.0833. The number of thiophene rings is 1. The standard InChI is InChI=1S/C12H9N3O2S/c1-7-2-4-13-8(6-7)11-14-12(17-15-11)10-9(16)3-5-18-10/h2-6,16H,1H3. The van der Waals surface area contributed by atoms with Gasteiger partial charge in [-0.05, 0) is 36.1 Å². The van der Waals surface area contributed by atoms with Gasteiger partial charge >= 0.3 is 0 Å². The van der Waals surface area contributed by atoms with Gasteiger partial charge in [-0.2, -0.15) is 4.98 Å². The van der Waals surface area contributed by atoms with Crippen LogP contribution in [0, 0.1) is 6.92 Å². The third-order valence-electron chi connectivity index (χ3n) is 2.41. The first kappa shape index (κ1) is 10.9. The maximum Gasteiger partial charge on any atom is 0.272 e. The van der Waals surface area contributed by atoms with Crippen molar-refractivity contribution < 1.29 is 9.63 Å². The summed E-state index contributed by atoms with van der Waals surface area (Å²) in [4.78, 5) is 8.99. The minimum absolute atomic E-state index is 0.146. The maximum atomic E-state index is 9.59. The predicted molar refractivity (Wildman–Crippen MR) is 67.2 cm³/mol. The van der Waals surface area contributed by atoms with Gasteiger partial charge in [-0.15, -0.1) is 11.3 Å². The van der Waals surface area contributed by atoms with Gasteiger partial charge in [0.1, 0.15) is 16.3 Å². The van der Waals surface area contributed by atoms with E-state index in [1.807, 2.05) is 19.1 Å². The summed E-state index contributed by atoms with van der Waals surface area (Å²) in [6.07, 6.45) is 1.70. The van der Waals surface area contributed by atoms with Crippen molar-refractivity contribution in [2.24, 2.45) is 0 Å². The Morgan fingerprint density at radius 2 is 2.22 bits per heavy atom. The number of pyridine rings is 1. The molecule has 1 N–H and O–H groups in total. The van der Waals surface area contributed by atoms with Gasteiger partial charge < -0.3 is 9.63 Å². The van der Waals surface area contributed by atoms with Gasteiger partial charge in [0.05, 0.1) is 0 Å². The predicted octanol–water partition coefficient (Wildman–Crippen LogP) is 2.87. The van der Waals surface area contributed by atoms with Crippen LogP contribution < -0.4 is 0 Å². The third kappa shape index (κ3) is 1.86. The minimum Gasteiger partial charge on any atom is -0.506 e. The van der Waals surface area contributed by atoms with Crippen molar-refractivity contribution in [3.8, 4) is 28.0 Å². The van der Waals surface area contributed by atoms with Gasteiger partial charge in [-0.25, -0.2) is 0 Å². The average Bonchev–Trinajstić information content (AvgIpc) is 2.97. The van der Waals surface area contributed by atoms with Crippen LogP contribution in [-0.4, -0.2) is 20.2 Å². The molecule has 0 aliphatic rings. The topological polar surface area (TPSA) is 72.0 Å². The fourth-order valence-corrected chi connectivity index (χ4v) is 2.25. The van der Waals surface area contributed by atoms with Crippen LogP contribution in [0.15, 0.2) is 34.3 Å². The number of hydrogen-bond acceptors (Lipinski definition) is 6. The van der Waals surface area contributed by atoms with E-state index < -0.39 is 0 Å². The van der Waals surface area contributed by atoms with Crippen molar-refractivity contribution >= 4 is 11.3 Å². The van der Waals surface area contributed by atoms with Crippen LogP contribution in [0.4, 0.5) is 0 Å². The van der Waals surface area contributed by atoms with Gasteiger partial charge in [0, 0.05) is 6.20 Å². The summed E-state index contributed by atoms with van der Waals surface area (Å²) >= 11 is 1.35. The molecule has 18 heavy (non-hydrogen) atoms. The molecule has 0 spiro atoms. The van der Waals surface area contributed by atoms with E-state index in [4.69, 9.17) is 4.52 Å². The summed E-state index contributed by atoms with van der Waals surface area (Å²) in [5.41, 5.74) is 1.73. The zero-order valence-electron chi connectivity index (χ0n) is 9.49. The van der Waals surface area contributed by atoms with E-state index in [1.54, 1.807) is 17.6 Å². The first-order valence-electron chi connectivity index (χ1n) is 5.27. The van der Waals surface area contributed by atoms with E-state index in [0.717, 1.165) is 5.56 Å². The Bertz CT molecular complexity index is 690. The number of rotatable bonds is 2. The Hall–Kier alpha value is -2.21. The summed E-state index contributed by atoms with van der Waals surface area (Å²) in [6.45, 7) is 1.97. The van der Waals surface area contributed by atoms with Crippen molar-refractivity contribution in [3.63, 3.8) is 0 Å². The van der Waals surface area contributed by atoms with Crippen molar-refractivity contribution in [1.82, 2.24) is 15.1 Å². The first-order valence-corrected chi connectivity index (χ1v) is 6.15. The molecule has 3 heterocycles. The fourth-order valence-electron chi connectivity index (χ4n) is 1.54. The highest BCUT2D eigenvalue weighted by molar-refractivity contribution is 7.13. The normalized spacial score (nSPS) is 10.7. The second kappa shape index (κ2) is 4.23. The molecular formula is C12H9N3O2S. The number of aromatic nitrogens is 3. The lowest BCUT2D eigenvalue weighted by atomic mass is 10.2. The van der Waals surface area contributed by atoms with Gasteiger partial charge in [0.2, 0.25) is 5.82 Å². The van der Waals surface area contributed by atoms with Crippen LogP contribution in [0.3, 0.4) is 0 Å². The molecule has 0 fully saturated rings. The van der Waals surface area contributed by atoms with Crippen LogP contribution in [0.2, 0.25) is 0 Å². The van der Waals surface area contributed by atoms with E-state index in [2.05, 4.69) is 15.1 Å². The molecule has 90 valence electrons. The SMILES string of the molecule is Cc1ccnc(-c2noc(-c3sccc3O)n2)c1. The molecule has 0 unspecified atom stereocenters. The van der Waals surface area contributed by atoms with Crippen LogP contribution in [0.5, 0.6) is 5.75 Å². The highest BCUT2D eigenvalue weighted by atomic mass is 32.1. The molecule has 0 aromatic carbocycles. The van der Waals surface area contributed by atoms with E-state index >= 15 is 0 Å². The summed E-state index contributed by atoms with van der Waals surface area (Å²) in [6, 6.07) is 5.37. The van der Waals surface area contributed by atoms with Crippen molar-refractivity contribution in [2.75, 3.05) is 0 Å². The number of aryl methyl sites for hydroxylation is 1. The molecule has 0 bridgehead atoms. The van der Waals surface area contributed by atoms with E-state index in [1.165, 1.54) is 11.3 Å². The van der Waals surface area contributed by atoms with E-state index in [9.17, 15) is 5.11 Å². The smallest absolute Gasteiger partial charge is 0.272 e. The zero-order valence-corrected chi connectivity index (χ0v) is 10.3. The summed E-state index contributed by atoms with van der Waals surface area (Å²) in [5, 5.41) is 15.2. The van der Waals surface area contributed by atoms with Gasteiger partial charge in [-0.3, -0.25) is 4.98 Å². The second-order valence-electron chi connectivity index (χ2n) is 3.78. The molecule has 0 atom stereocenters. The molecule has 3 aromatic heterocycles. The number of aromatic hydroxyl groups is 1. The van der Waals surface area contributed by atoms with Crippen LogP contribution in [-0.2, 0) is 0 Å². The van der Waals surface area contributed by atoms with Gasteiger partial charge in [0.25, 0.3) is 5.89 Å². The van der Waals surface area contributed by atoms with E-state index in [0.29, 0.717) is 22.3 Å². The highest BCUT2D eigenvalue weighted by Crippen LogP contribution is 2.33. The van der Waals surface area contributed by atoms with Crippen LogP contribution in [0.1, 0.15) is 5.56 Å². The minimum atomic E-state index is 0.146. The molecular weight excluding hydrogens is 250 g/mol. The molecule has 3 aromatic rings. The Kier molecular flexibility index (Phi) is 2.56. The maximum absolute atomic E-state index is 9.59. The number of nitrogens with zero attached hydrogens (tertiary/aromatic N) is 3.